The number of hydrogen-bond donors (Lipinski definition) is 0. The molecule has 7 unspecified atom stereocenters. The van der Waals surface area contributed by atoms with E-state index in [0.29, 0.717) is 6.42 Å². The molecule has 0 saturated carbocycles. The molecule has 1 aromatic carbocycles. The van der Waals surface area contributed by atoms with Crippen LogP contribution in [-0.4, -0.2) is 11.8 Å². The fourth-order valence-corrected chi connectivity index (χ4v) is 5.71. The Morgan fingerprint density at radius 2 is 2.00 bits per heavy atom. The summed E-state index contributed by atoms with van der Waals surface area (Å²) in [5.74, 6) is 6.37. The van der Waals surface area contributed by atoms with E-state index in [0.717, 1.165) is 36.8 Å². The van der Waals surface area contributed by atoms with Crippen molar-refractivity contribution in [3.8, 4) is 11.8 Å². The predicted molar refractivity (Wildman–Crippen MR) is 151 cm³/mol. The average molecular weight is 532 g/mol. The third-order valence-corrected chi connectivity index (χ3v) is 7.19. The molecule has 9 heteroatoms. The smallest absolute Gasteiger partial charge is 0.162 e. The second-order valence-electron chi connectivity index (χ2n) is 6.72. The van der Waals surface area contributed by atoms with E-state index in [4.69, 9.17) is 9.05 Å². The van der Waals surface area contributed by atoms with Crippen molar-refractivity contribution in [1.29, 1.82) is 0 Å². The minimum atomic E-state index is -0.682. The largest absolute Gasteiger partial charge is 0.350 e. The first-order valence-corrected chi connectivity index (χ1v) is 18.4. The highest BCUT2D eigenvalue weighted by Crippen LogP contribution is 2.57. The molecule has 0 saturated heterocycles. The molecule has 0 radical (unpaired) electrons. The minimum absolute atomic E-state index is 0.0974. The third kappa shape index (κ3) is 12.5. The zero-order valence-electron chi connectivity index (χ0n) is 18.2. The van der Waals surface area contributed by atoms with E-state index in [2.05, 4.69) is 75.9 Å². The first kappa shape index (κ1) is 29.5. The predicted octanol–water partition coefficient (Wildman–Crippen LogP) is 8.71. The van der Waals surface area contributed by atoms with Crippen molar-refractivity contribution >= 4 is 57.3 Å². The molecule has 0 heterocycles. The number of rotatable bonds is 14. The lowest BCUT2D eigenvalue weighted by Crippen LogP contribution is -2.19. The Balaban J connectivity index is 3.12. The molecule has 0 aromatic heterocycles. The van der Waals surface area contributed by atoms with Gasteiger partial charge in [0.15, 0.2) is 8.46 Å². The Morgan fingerprint density at radius 1 is 1.23 bits per heavy atom. The fourth-order valence-electron chi connectivity index (χ4n) is 2.88. The van der Waals surface area contributed by atoms with Crippen LogP contribution < -0.4 is 0 Å². The van der Waals surface area contributed by atoms with Crippen LogP contribution in [0.5, 0.6) is 0 Å². The lowest BCUT2D eigenvalue weighted by Gasteiger charge is -2.21. The van der Waals surface area contributed by atoms with Crippen LogP contribution in [0, 0.1) is 11.8 Å². The van der Waals surface area contributed by atoms with Crippen molar-refractivity contribution < 1.29 is 13.6 Å². The van der Waals surface area contributed by atoms with Gasteiger partial charge in [-0.15, -0.1) is 11.8 Å². The first-order valence-electron chi connectivity index (χ1n) is 10.3. The molecule has 0 amide bonds. The van der Waals surface area contributed by atoms with Gasteiger partial charge in [0.2, 0.25) is 0 Å². The zero-order valence-corrected chi connectivity index (χ0v) is 24.5. The van der Waals surface area contributed by atoms with Gasteiger partial charge in [-0.2, -0.15) is 0 Å². The lowest BCUT2D eigenvalue weighted by molar-refractivity contribution is 0.248. The van der Waals surface area contributed by atoms with Crippen LogP contribution in [0.4, 0.5) is 0 Å². The van der Waals surface area contributed by atoms with Gasteiger partial charge in [0.05, 0.1) is 25.4 Å². The molecule has 31 heavy (non-hydrogen) atoms. The summed E-state index contributed by atoms with van der Waals surface area (Å²) in [6.07, 6.45) is 12.4. The second kappa shape index (κ2) is 18.8. The molecule has 0 aliphatic carbocycles. The van der Waals surface area contributed by atoms with E-state index >= 15 is 0 Å². The summed E-state index contributed by atoms with van der Waals surface area (Å²) in [6, 6.07) is 8.22. The maximum absolute atomic E-state index is 11.8. The maximum atomic E-state index is 11.8. The molecule has 0 spiro atoms. The number of unbranched alkanes of at least 4 members (excludes halogenated alkanes) is 1. The maximum Gasteiger partial charge on any atom is 0.162 e. The van der Waals surface area contributed by atoms with Crippen molar-refractivity contribution in [1.82, 2.24) is 0 Å². The average Bonchev–Trinajstić information content (AvgIpc) is 2.76. The van der Waals surface area contributed by atoms with E-state index in [1.807, 2.05) is 25.1 Å². The van der Waals surface area contributed by atoms with E-state index < -0.39 is 7.53 Å². The summed E-state index contributed by atoms with van der Waals surface area (Å²) in [5, 5.41) is 0. The minimum Gasteiger partial charge on any atom is -0.350 e. The normalized spacial score (nSPS) is 15.2. The Labute approximate surface area is 200 Å². The summed E-state index contributed by atoms with van der Waals surface area (Å²) >= 11 is 0. The second-order valence-corrected chi connectivity index (χ2v) is 14.5. The van der Waals surface area contributed by atoms with Gasteiger partial charge in [-0.25, -0.2) is 0 Å². The van der Waals surface area contributed by atoms with Crippen LogP contribution in [0.1, 0.15) is 63.2 Å². The number of allylic oxidation sites excluding steroid dienone is 2. The molecule has 0 aliphatic rings. The number of benzene rings is 1. The Morgan fingerprint density at radius 3 is 2.65 bits per heavy atom. The molecule has 3 nitrogen and oxygen atoms in total. The highest BCUT2D eigenvalue weighted by Gasteiger charge is 2.20. The Hall–Kier alpha value is 0.430. The Bertz CT molecular complexity index is 757. The van der Waals surface area contributed by atoms with Crippen molar-refractivity contribution in [3.63, 3.8) is 0 Å². The van der Waals surface area contributed by atoms with E-state index in [1.54, 1.807) is 0 Å². The van der Waals surface area contributed by atoms with Crippen LogP contribution in [0.2, 0.25) is 0 Å². The van der Waals surface area contributed by atoms with Crippen LogP contribution in [-0.2, 0) is 13.6 Å². The van der Waals surface area contributed by atoms with E-state index in [9.17, 15) is 4.57 Å². The van der Waals surface area contributed by atoms with Crippen LogP contribution in [0.3, 0.4) is 0 Å². The van der Waals surface area contributed by atoms with Gasteiger partial charge in [-0.3, -0.25) is 4.57 Å². The molecule has 0 fully saturated rings. The molecular weight excluding hydrogens is 498 g/mol. The van der Waals surface area contributed by atoms with Crippen LogP contribution in [0.25, 0.3) is 6.08 Å². The summed E-state index contributed by atoms with van der Waals surface area (Å²) in [7, 11) is 7.72. The molecule has 0 N–H and O–H groups in total. The van der Waals surface area contributed by atoms with E-state index in [1.165, 1.54) is 0 Å². The molecule has 7 atom stereocenters. The quantitative estimate of drug-likeness (QED) is 0.137. The van der Waals surface area contributed by atoms with Crippen molar-refractivity contribution in [2.45, 2.75) is 63.8 Å². The summed E-state index contributed by atoms with van der Waals surface area (Å²) in [5.41, 5.74) is 2.06. The highest BCUT2D eigenvalue weighted by molar-refractivity contribution is 8.41. The van der Waals surface area contributed by atoms with Crippen molar-refractivity contribution in [2.24, 2.45) is 0 Å². The molecule has 1 rings (SSSR count). The molecule has 0 aliphatic heterocycles. The van der Waals surface area contributed by atoms with Gasteiger partial charge >= 0.3 is 0 Å². The first-order chi connectivity index (χ1) is 15.1. The SMILES string of the molecule is CCC#CCC(OP(P)P)c1ccccc1/C=C/C(OPP)C(C/C=C\CCC)P=O. The third-order valence-electron chi connectivity index (χ3n) is 4.36. The van der Waals surface area contributed by atoms with E-state index in [-0.39, 0.29) is 34.8 Å². The topological polar surface area (TPSA) is 35.5 Å². The van der Waals surface area contributed by atoms with Gasteiger partial charge < -0.3 is 9.05 Å². The monoisotopic (exact) mass is 532 g/mol. The van der Waals surface area contributed by atoms with Crippen molar-refractivity contribution in [3.05, 3.63) is 53.6 Å². The van der Waals surface area contributed by atoms with Gasteiger partial charge in [0, 0.05) is 21.3 Å². The summed E-state index contributed by atoms with van der Waals surface area (Å²) in [4.78, 5) is 0. The highest BCUT2D eigenvalue weighted by atomic mass is 32.4. The van der Waals surface area contributed by atoms with Crippen molar-refractivity contribution in [2.75, 3.05) is 0 Å². The molecule has 0 bridgehead atoms. The summed E-state index contributed by atoms with van der Waals surface area (Å²) in [6.45, 7) is 4.20. The summed E-state index contributed by atoms with van der Waals surface area (Å²) < 4.78 is 24.0. The molecule has 170 valence electrons. The fraction of sp³-hybridized carbons (Fsp3) is 0.455. The van der Waals surface area contributed by atoms with Gasteiger partial charge in [0.1, 0.15) is 0 Å². The van der Waals surface area contributed by atoms with Gasteiger partial charge in [0.25, 0.3) is 0 Å². The van der Waals surface area contributed by atoms with Gasteiger partial charge in [-0.1, -0.05) is 95.6 Å². The van der Waals surface area contributed by atoms with Crippen LogP contribution in [0.15, 0.2) is 42.5 Å². The standard InChI is InChI=1S/C22H34O3P6/c1-3-5-7-9-15-22(29-23)21(24-30-26)17-16-18-12-10-11-13-19(18)20(25-31(27)28)14-8-6-4-2/h7,9-13,16-17,20-22,30H,3-5,14-15,26-28H2,1-2H3/b9-7-,17-16+. The van der Waals surface area contributed by atoms with Gasteiger partial charge in [-0.05, 0) is 24.0 Å². The molecular formula is C22H34O3P6. The Kier molecular flexibility index (Phi) is 17.9. The lowest BCUT2D eigenvalue weighted by atomic mass is 9.99. The molecule has 1 aromatic rings. The van der Waals surface area contributed by atoms with Crippen LogP contribution >= 0.6 is 51.3 Å². The zero-order chi connectivity index (χ0) is 22.9. The number of hydrogen-bond acceptors (Lipinski definition) is 3.